The molecule has 0 aliphatic rings. The van der Waals surface area contributed by atoms with Crippen LogP contribution < -0.4 is 0 Å². The first-order valence-electron chi connectivity index (χ1n) is 2.84. The quantitative estimate of drug-likeness (QED) is 0.483. The molecule has 0 amide bonds. The average molecular weight is 200 g/mol. The molecule has 0 fully saturated rings. The zero-order chi connectivity index (χ0) is 9.57. The second-order valence-electron chi connectivity index (χ2n) is 1.42. The van der Waals surface area contributed by atoms with Crippen LogP contribution in [0.2, 0.25) is 0 Å². The zero-order valence-electron chi connectivity index (χ0n) is 6.16. The third-order valence-corrected chi connectivity index (χ3v) is 0.408. The number of rotatable bonds is 2. The molecule has 0 rings (SSSR count). The van der Waals surface area contributed by atoms with Gasteiger partial charge in [0.05, 0.1) is 0 Å². The van der Waals surface area contributed by atoms with Gasteiger partial charge < -0.3 is 4.74 Å². The summed E-state index contributed by atoms with van der Waals surface area (Å²) in [5.41, 5.74) is 0. The van der Waals surface area contributed by atoms with Crippen molar-refractivity contribution in [3.8, 4) is 0 Å². The van der Waals surface area contributed by atoms with E-state index in [9.17, 15) is 21.0 Å². The Balaban J connectivity index is 0. The molecule has 0 aromatic heterocycles. The molecule has 0 unspecified atom stereocenters. The SMILES string of the molecule is CCOCC.FP(F)(F)(F)F. The Bertz CT molecular complexity index is 79.4. The van der Waals surface area contributed by atoms with E-state index in [4.69, 9.17) is 4.74 Å². The van der Waals surface area contributed by atoms with Crippen molar-refractivity contribution < 1.29 is 25.7 Å². The summed E-state index contributed by atoms with van der Waals surface area (Å²) in [4.78, 5) is 0. The minimum atomic E-state index is -8.55. The van der Waals surface area contributed by atoms with Crippen molar-refractivity contribution in [2.75, 3.05) is 13.2 Å². The van der Waals surface area contributed by atoms with Crippen LogP contribution in [0.15, 0.2) is 0 Å². The molecule has 0 radical (unpaired) electrons. The maximum absolute atomic E-state index is 9.84. The molecule has 0 spiro atoms. The molecular formula is C4H10F5OP. The summed E-state index contributed by atoms with van der Waals surface area (Å²) in [6.07, 6.45) is 0. The summed E-state index contributed by atoms with van der Waals surface area (Å²) >= 11 is 0. The molecule has 0 heterocycles. The molecule has 11 heavy (non-hydrogen) atoms. The number of hydrogen-bond acceptors (Lipinski definition) is 1. The minimum absolute atomic E-state index is 0.844. The van der Waals surface area contributed by atoms with Gasteiger partial charge in [-0.3, -0.25) is 0 Å². The topological polar surface area (TPSA) is 9.23 Å². The van der Waals surface area contributed by atoms with E-state index in [0.29, 0.717) is 0 Å². The van der Waals surface area contributed by atoms with Gasteiger partial charge in [0.2, 0.25) is 0 Å². The molecule has 0 aromatic rings. The zero-order valence-corrected chi connectivity index (χ0v) is 7.05. The van der Waals surface area contributed by atoms with Gasteiger partial charge in [-0.05, 0) is 13.8 Å². The average Bonchev–Trinajstić information content (AvgIpc) is 1.60. The third kappa shape index (κ3) is 156. The van der Waals surface area contributed by atoms with Crippen molar-refractivity contribution >= 4 is 8.16 Å². The molecule has 0 N–H and O–H groups in total. The van der Waals surface area contributed by atoms with Gasteiger partial charge in [0.1, 0.15) is 0 Å². The van der Waals surface area contributed by atoms with Crippen molar-refractivity contribution in [1.29, 1.82) is 0 Å². The Morgan fingerprint density at radius 1 is 0.909 bits per heavy atom. The van der Waals surface area contributed by atoms with E-state index in [-0.39, 0.29) is 0 Å². The van der Waals surface area contributed by atoms with Gasteiger partial charge in [0, 0.05) is 13.2 Å². The van der Waals surface area contributed by atoms with Gasteiger partial charge in [0.15, 0.2) is 0 Å². The molecule has 0 saturated heterocycles. The molecule has 0 aliphatic heterocycles. The Kier molecular flexibility index (Phi) is 5.97. The molecular weight excluding hydrogens is 190 g/mol. The summed E-state index contributed by atoms with van der Waals surface area (Å²) in [7, 11) is -8.55. The van der Waals surface area contributed by atoms with Gasteiger partial charge in [-0.2, -0.15) is 0 Å². The predicted octanol–water partition coefficient (Wildman–Crippen LogP) is 4.01. The Labute approximate surface area is 62.1 Å². The first-order chi connectivity index (χ1) is 4.65. The number of ether oxygens (including phenoxy) is 1. The van der Waals surface area contributed by atoms with Crippen LogP contribution in [0, 0.1) is 0 Å². The van der Waals surface area contributed by atoms with E-state index in [1.807, 2.05) is 13.8 Å². The Morgan fingerprint density at radius 3 is 1.09 bits per heavy atom. The molecule has 0 saturated carbocycles. The Hall–Kier alpha value is 0.0400. The molecule has 0 aromatic carbocycles. The fourth-order valence-electron chi connectivity index (χ4n) is 0.204. The normalized spacial score (nSPS) is 14.3. The van der Waals surface area contributed by atoms with Crippen LogP contribution in [-0.2, 0) is 4.74 Å². The fraction of sp³-hybridized carbons (Fsp3) is 1.00. The number of halogens is 5. The van der Waals surface area contributed by atoms with Crippen LogP contribution in [0.3, 0.4) is 0 Å². The van der Waals surface area contributed by atoms with Crippen molar-refractivity contribution in [3.63, 3.8) is 0 Å². The third-order valence-electron chi connectivity index (χ3n) is 0.408. The summed E-state index contributed by atoms with van der Waals surface area (Å²) in [5, 5.41) is 0. The van der Waals surface area contributed by atoms with Crippen LogP contribution in [0.4, 0.5) is 21.0 Å². The van der Waals surface area contributed by atoms with Gasteiger partial charge in [-0.25, -0.2) is 0 Å². The second kappa shape index (κ2) is 4.83. The summed E-state index contributed by atoms with van der Waals surface area (Å²) in [5.74, 6) is 0. The van der Waals surface area contributed by atoms with Crippen molar-refractivity contribution in [2.45, 2.75) is 13.8 Å². The van der Waals surface area contributed by atoms with E-state index in [2.05, 4.69) is 0 Å². The van der Waals surface area contributed by atoms with Crippen LogP contribution in [0.25, 0.3) is 0 Å². The van der Waals surface area contributed by atoms with Crippen molar-refractivity contribution in [1.82, 2.24) is 0 Å². The van der Waals surface area contributed by atoms with Gasteiger partial charge >= 0.3 is 29.1 Å². The second-order valence-corrected chi connectivity index (χ2v) is 2.70. The van der Waals surface area contributed by atoms with E-state index >= 15 is 0 Å². The molecule has 0 bridgehead atoms. The predicted molar refractivity (Wildman–Crippen MR) is 34.6 cm³/mol. The van der Waals surface area contributed by atoms with Crippen molar-refractivity contribution in [2.24, 2.45) is 0 Å². The van der Waals surface area contributed by atoms with E-state index < -0.39 is 8.16 Å². The standard InChI is InChI=1S/C4H10O.F5P/c1-3-5-4-2;1-6(2,3,4)5/h3-4H2,1-2H3;. The van der Waals surface area contributed by atoms with E-state index in [0.717, 1.165) is 13.2 Å². The molecule has 7 heteroatoms. The summed E-state index contributed by atoms with van der Waals surface area (Å²) < 4.78 is 54.0. The molecule has 72 valence electrons. The molecule has 0 atom stereocenters. The summed E-state index contributed by atoms with van der Waals surface area (Å²) in [6, 6.07) is 0. The first-order valence-corrected chi connectivity index (χ1v) is 4.53. The molecule has 0 aliphatic carbocycles. The fourth-order valence-corrected chi connectivity index (χ4v) is 0.204. The van der Waals surface area contributed by atoms with Crippen molar-refractivity contribution in [3.05, 3.63) is 0 Å². The van der Waals surface area contributed by atoms with Crippen LogP contribution in [0.1, 0.15) is 13.8 Å². The van der Waals surface area contributed by atoms with E-state index in [1.54, 1.807) is 0 Å². The van der Waals surface area contributed by atoms with Crippen LogP contribution in [0.5, 0.6) is 0 Å². The first kappa shape index (κ1) is 13.6. The van der Waals surface area contributed by atoms with Gasteiger partial charge in [0.25, 0.3) is 0 Å². The summed E-state index contributed by atoms with van der Waals surface area (Å²) in [6.45, 7) is 5.67. The monoisotopic (exact) mass is 200 g/mol. The van der Waals surface area contributed by atoms with Crippen LogP contribution >= 0.6 is 8.16 Å². The van der Waals surface area contributed by atoms with Gasteiger partial charge in [-0.15, -0.1) is 0 Å². The van der Waals surface area contributed by atoms with Gasteiger partial charge in [-0.1, -0.05) is 0 Å². The maximum atomic E-state index is 9.84. The molecule has 1 nitrogen and oxygen atoms in total. The number of hydrogen-bond donors (Lipinski definition) is 0. The Morgan fingerprint density at radius 2 is 1.09 bits per heavy atom. The van der Waals surface area contributed by atoms with E-state index in [1.165, 1.54) is 0 Å². The van der Waals surface area contributed by atoms with Crippen LogP contribution in [-0.4, -0.2) is 13.2 Å².